The minimum Gasteiger partial charge on any atom is -0.391 e. The van der Waals surface area contributed by atoms with Crippen molar-refractivity contribution >= 4 is 43.7 Å². The normalized spacial score (nSPS) is 22.5. The van der Waals surface area contributed by atoms with Gasteiger partial charge in [0.15, 0.2) is 0 Å². The molecular weight excluding hydrogens is 336 g/mol. The van der Waals surface area contributed by atoms with E-state index in [9.17, 15) is 0 Å². The first-order valence-corrected chi connectivity index (χ1v) is 8.52. The van der Waals surface area contributed by atoms with E-state index in [1.54, 1.807) is 6.21 Å². The molecule has 1 aliphatic rings. The molecule has 0 aliphatic heterocycles. The summed E-state index contributed by atoms with van der Waals surface area (Å²) in [7, 11) is 0. The molecule has 0 unspecified atom stereocenters. The maximum Gasteiger partial charge on any atom is 0.0969 e. The second-order valence-electron chi connectivity index (χ2n) is 5.26. The van der Waals surface area contributed by atoms with Gasteiger partial charge in [0, 0.05) is 23.1 Å². The topological polar surface area (TPSA) is 45.5 Å². The van der Waals surface area contributed by atoms with Gasteiger partial charge < -0.3 is 5.11 Å². The van der Waals surface area contributed by atoms with Crippen molar-refractivity contribution in [2.45, 2.75) is 25.2 Å². The Balaban J connectivity index is 1.57. The summed E-state index contributed by atoms with van der Waals surface area (Å²) in [6, 6.07) is 6.28. The van der Waals surface area contributed by atoms with Crippen LogP contribution in [0.2, 0.25) is 0 Å². The molecule has 20 heavy (non-hydrogen) atoms. The molecule has 0 spiro atoms. The maximum atomic E-state index is 8.62. The molecular formula is C15H17BrN2OS. The Kier molecular flexibility index (Phi) is 4.48. The van der Waals surface area contributed by atoms with Crippen LogP contribution in [0.4, 0.5) is 0 Å². The van der Waals surface area contributed by atoms with Gasteiger partial charge in [0.25, 0.3) is 0 Å². The molecule has 3 rings (SSSR count). The van der Waals surface area contributed by atoms with Crippen LogP contribution in [0.15, 0.2) is 27.7 Å². The Labute approximate surface area is 130 Å². The van der Waals surface area contributed by atoms with E-state index in [1.165, 1.54) is 22.5 Å². The van der Waals surface area contributed by atoms with Crippen molar-refractivity contribution in [2.75, 3.05) is 13.2 Å². The van der Waals surface area contributed by atoms with E-state index < -0.39 is 0 Å². The van der Waals surface area contributed by atoms with Crippen LogP contribution in [0.5, 0.6) is 0 Å². The third kappa shape index (κ3) is 3.10. The highest BCUT2D eigenvalue weighted by atomic mass is 79.9. The van der Waals surface area contributed by atoms with Gasteiger partial charge in [-0.3, -0.25) is 4.99 Å². The number of aromatic nitrogens is 1. The summed E-state index contributed by atoms with van der Waals surface area (Å²) in [6.07, 6.45) is 5.18. The van der Waals surface area contributed by atoms with Gasteiger partial charge in [-0.2, -0.15) is 0 Å². The molecule has 1 aromatic carbocycles. The van der Waals surface area contributed by atoms with Gasteiger partial charge in [0.1, 0.15) is 0 Å². The summed E-state index contributed by atoms with van der Waals surface area (Å²) in [5, 5.41) is 9.91. The van der Waals surface area contributed by atoms with Crippen molar-refractivity contribution in [3.05, 3.63) is 27.7 Å². The first-order chi connectivity index (χ1) is 9.76. The van der Waals surface area contributed by atoms with Crippen molar-refractivity contribution in [3.63, 3.8) is 0 Å². The van der Waals surface area contributed by atoms with Gasteiger partial charge in [0.2, 0.25) is 0 Å². The molecule has 1 saturated carbocycles. The Bertz CT molecular complexity index is 619. The average Bonchev–Trinajstić information content (AvgIpc) is 2.78. The fourth-order valence-electron chi connectivity index (χ4n) is 2.67. The highest BCUT2D eigenvalue weighted by Crippen LogP contribution is 2.45. The predicted octanol–water partition coefficient (Wildman–Crippen LogP) is 4.01. The van der Waals surface area contributed by atoms with E-state index in [4.69, 9.17) is 10.1 Å². The van der Waals surface area contributed by atoms with Crippen molar-refractivity contribution in [1.29, 1.82) is 0 Å². The molecule has 1 aliphatic carbocycles. The molecule has 1 fully saturated rings. The molecule has 0 bridgehead atoms. The lowest BCUT2D eigenvalue weighted by Crippen LogP contribution is -2.22. The zero-order valence-electron chi connectivity index (χ0n) is 11.1. The average molecular weight is 353 g/mol. The summed E-state index contributed by atoms with van der Waals surface area (Å²) in [4.78, 5) is 8.92. The Morgan fingerprint density at radius 2 is 2.30 bits per heavy atom. The molecule has 1 N–H and O–H groups in total. The number of nitrogens with zero attached hydrogens (tertiary/aromatic N) is 2. The van der Waals surface area contributed by atoms with E-state index in [2.05, 4.69) is 39.1 Å². The fraction of sp³-hybridized carbons (Fsp3) is 0.467. The van der Waals surface area contributed by atoms with Crippen LogP contribution in [-0.2, 0) is 0 Å². The number of hydrogen-bond donors (Lipinski definition) is 1. The first kappa shape index (κ1) is 14.2. The van der Waals surface area contributed by atoms with Gasteiger partial charge in [0.05, 0.1) is 21.8 Å². The monoisotopic (exact) mass is 352 g/mol. The lowest BCUT2D eigenvalue weighted by Gasteiger charge is -2.33. The minimum absolute atomic E-state index is 0.0502. The third-order valence-corrected chi connectivity index (χ3v) is 5.50. The number of aliphatic imine (C=N–C) groups is 1. The van der Waals surface area contributed by atoms with Crippen LogP contribution >= 0.6 is 27.3 Å². The fourth-order valence-corrected chi connectivity index (χ4v) is 4.32. The summed E-state index contributed by atoms with van der Waals surface area (Å²) in [5.74, 6) is 1.41. The van der Waals surface area contributed by atoms with Gasteiger partial charge >= 0.3 is 0 Å². The number of halogens is 1. The summed E-state index contributed by atoms with van der Waals surface area (Å²) in [6.45, 7) is 0.888. The maximum absolute atomic E-state index is 8.62. The quantitative estimate of drug-likeness (QED) is 0.826. The zero-order chi connectivity index (χ0) is 13.9. The van der Waals surface area contributed by atoms with Crippen molar-refractivity contribution in [3.8, 4) is 0 Å². The molecule has 0 amide bonds. The van der Waals surface area contributed by atoms with Gasteiger partial charge in [-0.25, -0.2) is 4.98 Å². The van der Waals surface area contributed by atoms with E-state index >= 15 is 0 Å². The highest BCUT2D eigenvalue weighted by Gasteiger charge is 2.31. The van der Waals surface area contributed by atoms with Crippen LogP contribution in [0.1, 0.15) is 30.2 Å². The van der Waals surface area contributed by atoms with Gasteiger partial charge in [-0.05, 0) is 43.4 Å². The lowest BCUT2D eigenvalue weighted by molar-refractivity contribution is 0.251. The number of thiazole rings is 1. The lowest BCUT2D eigenvalue weighted by atomic mass is 9.73. The van der Waals surface area contributed by atoms with Crippen LogP contribution in [0, 0.1) is 5.92 Å². The van der Waals surface area contributed by atoms with Gasteiger partial charge in [-0.1, -0.05) is 15.9 Å². The zero-order valence-corrected chi connectivity index (χ0v) is 13.5. The highest BCUT2D eigenvalue weighted by molar-refractivity contribution is 9.10. The van der Waals surface area contributed by atoms with E-state index in [-0.39, 0.29) is 6.61 Å². The van der Waals surface area contributed by atoms with Crippen LogP contribution < -0.4 is 0 Å². The molecule has 5 heteroatoms. The third-order valence-electron chi connectivity index (χ3n) is 3.83. The Morgan fingerprint density at radius 3 is 3.10 bits per heavy atom. The molecule has 0 radical (unpaired) electrons. The molecule has 2 aromatic rings. The second-order valence-corrected chi connectivity index (χ2v) is 7.24. The largest absolute Gasteiger partial charge is 0.391 e. The Hall–Kier alpha value is -0.780. The molecule has 1 heterocycles. The number of hydrogen-bond acceptors (Lipinski definition) is 4. The van der Waals surface area contributed by atoms with Gasteiger partial charge in [-0.15, -0.1) is 11.3 Å². The SMILES string of the molecule is OCC=NCCC1CC(c2nc3ccc(Br)cc3s2)C1. The van der Waals surface area contributed by atoms with Crippen LogP contribution in [0.25, 0.3) is 10.2 Å². The summed E-state index contributed by atoms with van der Waals surface area (Å²) >= 11 is 5.33. The van der Waals surface area contributed by atoms with Crippen molar-refractivity contribution in [1.82, 2.24) is 4.98 Å². The van der Waals surface area contributed by atoms with E-state index in [0.717, 1.165) is 28.9 Å². The van der Waals surface area contributed by atoms with Crippen LogP contribution in [-0.4, -0.2) is 29.5 Å². The predicted molar refractivity (Wildman–Crippen MR) is 87.8 cm³/mol. The van der Waals surface area contributed by atoms with E-state index in [1.807, 2.05) is 11.3 Å². The number of fused-ring (bicyclic) bond motifs is 1. The molecule has 106 valence electrons. The minimum atomic E-state index is 0.0502. The second kappa shape index (κ2) is 6.33. The number of benzene rings is 1. The number of aliphatic hydroxyl groups is 1. The molecule has 3 nitrogen and oxygen atoms in total. The smallest absolute Gasteiger partial charge is 0.0969 e. The molecule has 1 aromatic heterocycles. The molecule has 0 atom stereocenters. The van der Waals surface area contributed by atoms with Crippen molar-refractivity contribution < 1.29 is 5.11 Å². The van der Waals surface area contributed by atoms with E-state index in [0.29, 0.717) is 5.92 Å². The summed E-state index contributed by atoms with van der Waals surface area (Å²) < 4.78 is 2.39. The standard InChI is InChI=1S/C15H17BrN2OS/c16-12-1-2-13-14(9-12)20-15(18-13)11-7-10(8-11)3-4-17-5-6-19/h1-2,5,9-11,19H,3-4,6-8H2. The molecule has 0 saturated heterocycles. The Morgan fingerprint density at radius 1 is 1.45 bits per heavy atom. The van der Waals surface area contributed by atoms with Crippen LogP contribution in [0.3, 0.4) is 0 Å². The number of aliphatic hydroxyl groups excluding tert-OH is 1. The first-order valence-electron chi connectivity index (χ1n) is 6.91. The van der Waals surface area contributed by atoms with Crippen molar-refractivity contribution in [2.24, 2.45) is 10.9 Å². The number of rotatable bonds is 5. The summed E-state index contributed by atoms with van der Waals surface area (Å²) in [5.41, 5.74) is 1.11.